The fourth-order valence-electron chi connectivity index (χ4n) is 2.12. The van der Waals surface area contributed by atoms with E-state index >= 15 is 0 Å². The Morgan fingerprint density at radius 1 is 1.23 bits per heavy atom. The molecular weight excluding hydrogens is 276 g/mol. The Balaban J connectivity index is 2.09. The SMILES string of the molecule is CCCCNC(=O)c1cc(-c2ccc(C(C)(C)C)cc2)on1. The van der Waals surface area contributed by atoms with Gasteiger partial charge < -0.3 is 9.84 Å². The lowest BCUT2D eigenvalue weighted by Gasteiger charge is -2.18. The number of amides is 1. The number of unbranched alkanes of at least 4 members (excludes halogenated alkanes) is 1. The molecule has 0 fully saturated rings. The van der Waals surface area contributed by atoms with Gasteiger partial charge in [-0.25, -0.2) is 0 Å². The van der Waals surface area contributed by atoms with E-state index in [1.807, 2.05) is 12.1 Å². The van der Waals surface area contributed by atoms with Crippen molar-refractivity contribution >= 4 is 5.91 Å². The van der Waals surface area contributed by atoms with Crippen molar-refractivity contribution in [2.45, 2.75) is 46.0 Å². The van der Waals surface area contributed by atoms with E-state index < -0.39 is 0 Å². The summed E-state index contributed by atoms with van der Waals surface area (Å²) in [5.74, 6) is 0.427. The summed E-state index contributed by atoms with van der Waals surface area (Å²) in [4.78, 5) is 11.9. The first-order valence-electron chi connectivity index (χ1n) is 7.77. The Hall–Kier alpha value is -2.10. The number of carbonyl (C=O) groups excluding carboxylic acids is 1. The van der Waals surface area contributed by atoms with E-state index in [0.717, 1.165) is 18.4 Å². The second-order valence-electron chi connectivity index (χ2n) is 6.51. The Kier molecular flexibility index (Phi) is 5.01. The lowest BCUT2D eigenvalue weighted by atomic mass is 9.86. The van der Waals surface area contributed by atoms with Gasteiger partial charge in [-0.15, -0.1) is 0 Å². The molecule has 0 saturated heterocycles. The standard InChI is InChI=1S/C18H24N2O2/c1-5-6-11-19-17(21)15-12-16(22-20-15)13-7-9-14(10-8-13)18(2,3)4/h7-10,12H,5-6,11H2,1-4H3,(H,19,21). The van der Waals surface area contributed by atoms with Crippen LogP contribution < -0.4 is 5.32 Å². The molecule has 1 amide bonds. The van der Waals surface area contributed by atoms with Crippen molar-refractivity contribution in [2.75, 3.05) is 6.54 Å². The summed E-state index contributed by atoms with van der Waals surface area (Å²) in [7, 11) is 0. The third-order valence-electron chi connectivity index (χ3n) is 3.59. The summed E-state index contributed by atoms with van der Waals surface area (Å²) in [6, 6.07) is 9.85. The van der Waals surface area contributed by atoms with Crippen molar-refractivity contribution < 1.29 is 9.32 Å². The van der Waals surface area contributed by atoms with E-state index in [1.165, 1.54) is 5.56 Å². The third-order valence-corrected chi connectivity index (χ3v) is 3.59. The molecule has 0 aliphatic heterocycles. The summed E-state index contributed by atoms with van der Waals surface area (Å²) in [5.41, 5.74) is 2.62. The van der Waals surface area contributed by atoms with Gasteiger partial charge in [-0.1, -0.05) is 63.5 Å². The smallest absolute Gasteiger partial charge is 0.273 e. The molecule has 0 saturated carbocycles. The molecular formula is C18H24N2O2. The summed E-state index contributed by atoms with van der Waals surface area (Å²) in [6.07, 6.45) is 2.01. The first-order chi connectivity index (χ1) is 10.4. The van der Waals surface area contributed by atoms with Crippen LogP contribution in [0.2, 0.25) is 0 Å². The predicted octanol–water partition coefficient (Wildman–Crippen LogP) is 4.17. The number of benzene rings is 1. The molecule has 1 heterocycles. The molecule has 1 aromatic carbocycles. The number of nitrogens with zero attached hydrogens (tertiary/aromatic N) is 1. The van der Waals surface area contributed by atoms with Crippen molar-refractivity contribution in [3.05, 3.63) is 41.6 Å². The largest absolute Gasteiger partial charge is 0.355 e. The average molecular weight is 300 g/mol. The van der Waals surface area contributed by atoms with Gasteiger partial charge in [0.05, 0.1) is 0 Å². The van der Waals surface area contributed by atoms with Gasteiger partial charge >= 0.3 is 0 Å². The van der Waals surface area contributed by atoms with Crippen molar-refractivity contribution in [3.63, 3.8) is 0 Å². The molecule has 0 aliphatic carbocycles. The van der Waals surface area contributed by atoms with E-state index in [9.17, 15) is 4.79 Å². The third kappa shape index (κ3) is 3.97. The van der Waals surface area contributed by atoms with E-state index in [1.54, 1.807) is 6.07 Å². The number of nitrogens with one attached hydrogen (secondary N) is 1. The van der Waals surface area contributed by atoms with E-state index in [4.69, 9.17) is 4.52 Å². The van der Waals surface area contributed by atoms with Crippen LogP contribution in [-0.4, -0.2) is 17.6 Å². The molecule has 1 aromatic heterocycles. The van der Waals surface area contributed by atoms with Crippen LogP contribution in [0.1, 0.15) is 56.6 Å². The lowest BCUT2D eigenvalue weighted by molar-refractivity contribution is 0.0944. The van der Waals surface area contributed by atoms with Crippen LogP contribution in [0.4, 0.5) is 0 Å². The molecule has 0 bridgehead atoms. The Labute approximate surface area is 131 Å². The van der Waals surface area contributed by atoms with Crippen molar-refractivity contribution in [1.29, 1.82) is 0 Å². The number of carbonyl (C=O) groups is 1. The number of hydrogen-bond donors (Lipinski definition) is 1. The van der Waals surface area contributed by atoms with Crippen LogP contribution >= 0.6 is 0 Å². The Morgan fingerprint density at radius 2 is 1.91 bits per heavy atom. The molecule has 4 nitrogen and oxygen atoms in total. The van der Waals surface area contributed by atoms with Crippen molar-refractivity contribution in [3.8, 4) is 11.3 Å². The van der Waals surface area contributed by atoms with Gasteiger partial charge in [0.1, 0.15) is 0 Å². The van der Waals surface area contributed by atoms with Crippen molar-refractivity contribution in [2.24, 2.45) is 0 Å². The monoisotopic (exact) mass is 300 g/mol. The minimum absolute atomic E-state index is 0.115. The zero-order valence-electron chi connectivity index (χ0n) is 13.8. The van der Waals surface area contributed by atoms with Crippen LogP contribution in [0.25, 0.3) is 11.3 Å². The average Bonchev–Trinajstić information content (AvgIpc) is 2.96. The molecule has 4 heteroatoms. The minimum atomic E-state index is -0.185. The lowest BCUT2D eigenvalue weighted by Crippen LogP contribution is -2.24. The number of rotatable bonds is 5. The number of hydrogen-bond acceptors (Lipinski definition) is 3. The maximum absolute atomic E-state index is 11.9. The molecule has 0 spiro atoms. The maximum atomic E-state index is 11.9. The normalized spacial score (nSPS) is 11.5. The van der Waals surface area contributed by atoms with E-state index in [0.29, 0.717) is 18.0 Å². The quantitative estimate of drug-likeness (QED) is 0.843. The van der Waals surface area contributed by atoms with Crippen LogP contribution in [-0.2, 0) is 5.41 Å². The molecule has 0 aliphatic rings. The first kappa shape index (κ1) is 16.3. The van der Waals surface area contributed by atoms with Crippen molar-refractivity contribution in [1.82, 2.24) is 10.5 Å². The van der Waals surface area contributed by atoms with Gasteiger partial charge in [0.15, 0.2) is 11.5 Å². The highest BCUT2D eigenvalue weighted by molar-refractivity contribution is 5.93. The van der Waals surface area contributed by atoms with Gasteiger partial charge in [-0.3, -0.25) is 4.79 Å². The van der Waals surface area contributed by atoms with Crippen LogP contribution in [0, 0.1) is 0 Å². The predicted molar refractivity (Wildman–Crippen MR) is 87.9 cm³/mol. The van der Waals surface area contributed by atoms with Gasteiger partial charge in [0.25, 0.3) is 5.91 Å². The fraction of sp³-hybridized carbons (Fsp3) is 0.444. The first-order valence-corrected chi connectivity index (χ1v) is 7.77. The molecule has 22 heavy (non-hydrogen) atoms. The molecule has 118 valence electrons. The molecule has 2 aromatic rings. The molecule has 0 unspecified atom stereocenters. The van der Waals surface area contributed by atoms with Gasteiger partial charge in [0, 0.05) is 18.2 Å². The van der Waals surface area contributed by atoms with Crippen LogP contribution in [0.3, 0.4) is 0 Å². The second-order valence-corrected chi connectivity index (χ2v) is 6.51. The summed E-state index contributed by atoms with van der Waals surface area (Å²) >= 11 is 0. The van der Waals surface area contributed by atoms with Crippen LogP contribution in [0.5, 0.6) is 0 Å². The molecule has 2 rings (SSSR count). The Morgan fingerprint density at radius 3 is 2.50 bits per heavy atom. The maximum Gasteiger partial charge on any atom is 0.273 e. The van der Waals surface area contributed by atoms with E-state index in [-0.39, 0.29) is 11.3 Å². The zero-order valence-corrected chi connectivity index (χ0v) is 13.8. The van der Waals surface area contributed by atoms with Gasteiger partial charge in [0.2, 0.25) is 0 Å². The van der Waals surface area contributed by atoms with Gasteiger partial charge in [-0.2, -0.15) is 0 Å². The molecule has 0 atom stereocenters. The second kappa shape index (κ2) is 6.77. The number of aromatic nitrogens is 1. The summed E-state index contributed by atoms with van der Waals surface area (Å²) < 4.78 is 5.29. The minimum Gasteiger partial charge on any atom is -0.355 e. The summed E-state index contributed by atoms with van der Waals surface area (Å²) in [6.45, 7) is 9.28. The zero-order chi connectivity index (χ0) is 16.2. The van der Waals surface area contributed by atoms with Crippen LogP contribution in [0.15, 0.2) is 34.9 Å². The molecule has 0 radical (unpaired) electrons. The summed E-state index contributed by atoms with van der Waals surface area (Å²) in [5, 5.41) is 6.69. The highest BCUT2D eigenvalue weighted by Gasteiger charge is 2.16. The van der Waals surface area contributed by atoms with E-state index in [2.05, 4.69) is 50.3 Å². The highest BCUT2D eigenvalue weighted by Crippen LogP contribution is 2.26. The highest BCUT2D eigenvalue weighted by atomic mass is 16.5. The Bertz CT molecular complexity index is 621. The molecule has 1 N–H and O–H groups in total. The fourth-order valence-corrected chi connectivity index (χ4v) is 2.12. The topological polar surface area (TPSA) is 55.1 Å². The van der Waals surface area contributed by atoms with Gasteiger partial charge in [-0.05, 0) is 17.4 Å².